The Balaban J connectivity index is 1.94. The number of nitrogens with two attached hydrogens (primary N) is 1. The van der Waals surface area contributed by atoms with E-state index in [2.05, 4.69) is 10.3 Å². The Hall–Kier alpha value is -2.47. The van der Waals surface area contributed by atoms with E-state index in [4.69, 9.17) is 10.8 Å². The van der Waals surface area contributed by atoms with Crippen LogP contribution in [0.4, 0.5) is 10.1 Å². The summed E-state index contributed by atoms with van der Waals surface area (Å²) in [5.74, 6) is -0.841. The van der Waals surface area contributed by atoms with E-state index in [1.54, 1.807) is 12.1 Å². The molecular formula is C14H14FN3O2. The summed E-state index contributed by atoms with van der Waals surface area (Å²) in [6.45, 7) is 0. The summed E-state index contributed by atoms with van der Waals surface area (Å²) in [6.07, 6.45) is 1.56. The largest absolute Gasteiger partial charge is 0.508 e. The van der Waals surface area contributed by atoms with Crippen molar-refractivity contribution in [3.05, 3.63) is 54.1 Å². The van der Waals surface area contributed by atoms with Gasteiger partial charge in [0, 0.05) is 0 Å². The summed E-state index contributed by atoms with van der Waals surface area (Å²) in [4.78, 5) is 15.3. The van der Waals surface area contributed by atoms with E-state index < -0.39 is 12.0 Å². The molecule has 2 aromatic rings. The minimum absolute atomic E-state index is 0.157. The zero-order valence-electron chi connectivity index (χ0n) is 10.6. The van der Waals surface area contributed by atoms with E-state index in [0.29, 0.717) is 12.1 Å². The molecule has 1 aromatic heterocycles. The number of amides is 1. The summed E-state index contributed by atoms with van der Waals surface area (Å²) >= 11 is 0. The Labute approximate surface area is 115 Å². The predicted molar refractivity (Wildman–Crippen MR) is 72.6 cm³/mol. The van der Waals surface area contributed by atoms with Gasteiger partial charge < -0.3 is 16.2 Å². The van der Waals surface area contributed by atoms with Crippen LogP contribution in [0.3, 0.4) is 0 Å². The predicted octanol–water partition coefficient (Wildman–Crippen LogP) is 1.43. The van der Waals surface area contributed by atoms with Crippen LogP contribution in [0.25, 0.3) is 0 Å². The molecule has 0 radical (unpaired) electrons. The highest BCUT2D eigenvalue weighted by Crippen LogP contribution is 2.12. The quantitative estimate of drug-likeness (QED) is 0.737. The van der Waals surface area contributed by atoms with Crippen molar-refractivity contribution in [1.82, 2.24) is 4.98 Å². The van der Waals surface area contributed by atoms with Crippen molar-refractivity contribution >= 4 is 11.6 Å². The van der Waals surface area contributed by atoms with Gasteiger partial charge in [0.2, 0.25) is 11.9 Å². The second-order valence-electron chi connectivity index (χ2n) is 4.34. The second kappa shape index (κ2) is 6.12. The van der Waals surface area contributed by atoms with Crippen molar-refractivity contribution in [3.63, 3.8) is 0 Å². The molecule has 104 valence electrons. The number of halogens is 1. The summed E-state index contributed by atoms with van der Waals surface area (Å²) in [6, 6.07) is 8.27. The lowest BCUT2D eigenvalue weighted by atomic mass is 10.1. The van der Waals surface area contributed by atoms with Gasteiger partial charge in [0.05, 0.1) is 17.9 Å². The molecule has 5 nitrogen and oxygen atoms in total. The number of carbonyl (C=O) groups excluding carboxylic acids is 1. The van der Waals surface area contributed by atoms with Gasteiger partial charge in [-0.3, -0.25) is 4.79 Å². The van der Waals surface area contributed by atoms with Crippen molar-refractivity contribution < 1.29 is 14.3 Å². The highest BCUT2D eigenvalue weighted by atomic mass is 19.1. The Bertz CT molecular complexity index is 584. The molecule has 0 aliphatic carbocycles. The molecule has 0 saturated carbocycles. The molecule has 0 aliphatic heterocycles. The molecular weight excluding hydrogens is 261 g/mol. The Morgan fingerprint density at radius 1 is 1.30 bits per heavy atom. The maximum absolute atomic E-state index is 12.6. The van der Waals surface area contributed by atoms with Gasteiger partial charge in [0.25, 0.3) is 0 Å². The van der Waals surface area contributed by atoms with Crippen LogP contribution in [-0.4, -0.2) is 22.0 Å². The van der Waals surface area contributed by atoms with Crippen LogP contribution < -0.4 is 11.1 Å². The maximum atomic E-state index is 12.6. The van der Waals surface area contributed by atoms with Crippen molar-refractivity contribution in [2.75, 3.05) is 5.32 Å². The third kappa shape index (κ3) is 3.76. The maximum Gasteiger partial charge on any atom is 0.241 e. The van der Waals surface area contributed by atoms with Gasteiger partial charge in [-0.05, 0) is 36.2 Å². The third-order valence-corrected chi connectivity index (χ3v) is 2.72. The molecule has 1 aromatic carbocycles. The molecule has 2 rings (SSSR count). The first-order valence-electron chi connectivity index (χ1n) is 6.00. The zero-order valence-corrected chi connectivity index (χ0v) is 10.6. The van der Waals surface area contributed by atoms with Crippen LogP contribution in [0.15, 0.2) is 42.6 Å². The molecule has 6 heteroatoms. The summed E-state index contributed by atoms with van der Waals surface area (Å²) in [5, 5.41) is 11.7. The van der Waals surface area contributed by atoms with E-state index in [1.165, 1.54) is 24.4 Å². The van der Waals surface area contributed by atoms with Gasteiger partial charge in [0.15, 0.2) is 0 Å². The summed E-state index contributed by atoms with van der Waals surface area (Å²) < 4.78 is 12.6. The topological polar surface area (TPSA) is 88.2 Å². The molecule has 0 bridgehead atoms. The molecule has 0 unspecified atom stereocenters. The summed E-state index contributed by atoms with van der Waals surface area (Å²) in [5.41, 5.74) is 7.02. The Morgan fingerprint density at radius 2 is 2.00 bits per heavy atom. The fourth-order valence-electron chi connectivity index (χ4n) is 1.66. The number of phenolic OH excluding ortho intramolecular Hbond substituents is 1. The van der Waals surface area contributed by atoms with Crippen LogP contribution in [0.5, 0.6) is 5.75 Å². The number of hydrogen-bond acceptors (Lipinski definition) is 4. The number of nitrogens with one attached hydrogen (secondary N) is 1. The molecule has 20 heavy (non-hydrogen) atoms. The average Bonchev–Trinajstić information content (AvgIpc) is 2.44. The van der Waals surface area contributed by atoms with Crippen molar-refractivity contribution in [1.29, 1.82) is 0 Å². The number of pyridine rings is 1. The number of phenols is 1. The smallest absolute Gasteiger partial charge is 0.241 e. The summed E-state index contributed by atoms with van der Waals surface area (Å²) in [7, 11) is 0. The van der Waals surface area contributed by atoms with Gasteiger partial charge in [-0.1, -0.05) is 12.1 Å². The molecule has 4 N–H and O–H groups in total. The lowest BCUT2D eigenvalue weighted by Crippen LogP contribution is -2.37. The minimum atomic E-state index is -0.746. The SMILES string of the molecule is N[C@H](Cc1ccc(O)cc1)C(=O)Nc1ccc(F)nc1. The Morgan fingerprint density at radius 3 is 2.60 bits per heavy atom. The Kier molecular flexibility index (Phi) is 4.27. The zero-order chi connectivity index (χ0) is 14.5. The molecule has 1 heterocycles. The van der Waals surface area contributed by atoms with Crippen molar-refractivity contribution in [2.45, 2.75) is 12.5 Å². The van der Waals surface area contributed by atoms with Crippen LogP contribution in [0.1, 0.15) is 5.56 Å². The van der Waals surface area contributed by atoms with Gasteiger partial charge in [0.1, 0.15) is 5.75 Å². The monoisotopic (exact) mass is 275 g/mol. The van der Waals surface area contributed by atoms with Crippen LogP contribution >= 0.6 is 0 Å². The van der Waals surface area contributed by atoms with Crippen LogP contribution in [-0.2, 0) is 11.2 Å². The van der Waals surface area contributed by atoms with E-state index in [-0.39, 0.29) is 11.7 Å². The average molecular weight is 275 g/mol. The highest BCUT2D eigenvalue weighted by Gasteiger charge is 2.14. The van der Waals surface area contributed by atoms with Crippen molar-refractivity contribution in [3.8, 4) is 5.75 Å². The lowest BCUT2D eigenvalue weighted by Gasteiger charge is -2.12. The first-order valence-corrected chi connectivity index (χ1v) is 6.00. The van der Waals surface area contributed by atoms with Gasteiger partial charge in [-0.2, -0.15) is 4.39 Å². The van der Waals surface area contributed by atoms with Gasteiger partial charge >= 0.3 is 0 Å². The van der Waals surface area contributed by atoms with Gasteiger partial charge in [-0.15, -0.1) is 0 Å². The number of nitrogens with zero attached hydrogens (tertiary/aromatic N) is 1. The molecule has 1 atom stereocenters. The molecule has 1 amide bonds. The number of aromatic hydroxyl groups is 1. The molecule has 0 spiro atoms. The first-order chi connectivity index (χ1) is 9.54. The normalized spacial score (nSPS) is 11.9. The second-order valence-corrected chi connectivity index (χ2v) is 4.34. The number of rotatable bonds is 4. The molecule has 0 fully saturated rings. The number of aromatic nitrogens is 1. The van der Waals surface area contributed by atoms with Crippen molar-refractivity contribution in [2.24, 2.45) is 5.73 Å². The van der Waals surface area contributed by atoms with E-state index in [0.717, 1.165) is 11.6 Å². The number of hydrogen-bond donors (Lipinski definition) is 3. The van der Waals surface area contributed by atoms with Crippen LogP contribution in [0.2, 0.25) is 0 Å². The first kappa shape index (κ1) is 14.0. The number of carbonyl (C=O) groups is 1. The van der Waals surface area contributed by atoms with Gasteiger partial charge in [-0.25, -0.2) is 4.98 Å². The third-order valence-electron chi connectivity index (χ3n) is 2.72. The lowest BCUT2D eigenvalue weighted by molar-refractivity contribution is -0.117. The number of anilines is 1. The van der Waals surface area contributed by atoms with E-state index in [9.17, 15) is 9.18 Å². The standard InChI is InChI=1S/C14H14FN3O2/c15-13-6-3-10(8-17-13)18-14(20)12(16)7-9-1-4-11(19)5-2-9/h1-6,8,12,19H,7,16H2,(H,18,20)/t12-/m1/s1. The fourth-order valence-corrected chi connectivity index (χ4v) is 1.66. The molecule has 0 saturated heterocycles. The van der Waals surface area contributed by atoms with E-state index in [1.807, 2.05) is 0 Å². The molecule has 0 aliphatic rings. The minimum Gasteiger partial charge on any atom is -0.508 e. The van der Waals surface area contributed by atoms with E-state index >= 15 is 0 Å². The highest BCUT2D eigenvalue weighted by molar-refractivity contribution is 5.94. The fraction of sp³-hybridized carbons (Fsp3) is 0.143. The number of benzene rings is 1. The van der Waals surface area contributed by atoms with Crippen LogP contribution in [0, 0.1) is 5.95 Å².